The van der Waals surface area contributed by atoms with Crippen LogP contribution in [0.4, 0.5) is 0 Å². The molecule has 1 N–H and O–H groups in total. The molecular formula is C19H22N2O2. The number of nitrogens with zero attached hydrogens (tertiary/aromatic N) is 1. The third-order valence-electron chi connectivity index (χ3n) is 4.33. The first-order chi connectivity index (χ1) is 11.2. The first kappa shape index (κ1) is 15.7. The van der Waals surface area contributed by atoms with Gasteiger partial charge in [-0.05, 0) is 43.0 Å². The molecule has 120 valence electrons. The van der Waals surface area contributed by atoms with Crippen molar-refractivity contribution in [3.05, 3.63) is 65.5 Å². The molecule has 2 aromatic rings. The molecule has 0 unspecified atom stereocenters. The van der Waals surface area contributed by atoms with E-state index in [4.69, 9.17) is 4.74 Å². The second-order valence-electron chi connectivity index (χ2n) is 6.02. The van der Waals surface area contributed by atoms with Gasteiger partial charge in [0.15, 0.2) is 0 Å². The number of carbonyl (C=O) groups excluding carboxylic acids is 1. The lowest BCUT2D eigenvalue weighted by molar-refractivity contribution is -0.128. The number of carbonyl (C=O) groups is 1. The summed E-state index contributed by atoms with van der Waals surface area (Å²) in [5.74, 6) is 0.147. The van der Waals surface area contributed by atoms with Crippen molar-refractivity contribution in [2.75, 3.05) is 13.2 Å². The molecule has 4 nitrogen and oxygen atoms in total. The summed E-state index contributed by atoms with van der Waals surface area (Å²) < 4.78 is 5.35. The van der Waals surface area contributed by atoms with E-state index in [9.17, 15) is 4.79 Å². The van der Waals surface area contributed by atoms with Crippen LogP contribution in [-0.4, -0.2) is 24.1 Å². The molecule has 1 aromatic carbocycles. The molecule has 1 saturated heterocycles. The van der Waals surface area contributed by atoms with Gasteiger partial charge in [-0.2, -0.15) is 0 Å². The Morgan fingerprint density at radius 3 is 2.35 bits per heavy atom. The molecule has 0 aliphatic carbocycles. The number of rotatable bonds is 4. The Morgan fingerprint density at radius 2 is 1.70 bits per heavy atom. The summed E-state index contributed by atoms with van der Waals surface area (Å²) in [6.45, 7) is 3.40. The molecule has 0 bridgehead atoms. The maximum absolute atomic E-state index is 12.6. The van der Waals surface area contributed by atoms with Crippen molar-refractivity contribution in [1.82, 2.24) is 10.3 Å². The van der Waals surface area contributed by atoms with Crippen molar-refractivity contribution >= 4 is 5.91 Å². The summed E-state index contributed by atoms with van der Waals surface area (Å²) in [7, 11) is 0. The van der Waals surface area contributed by atoms with E-state index in [1.165, 1.54) is 5.56 Å². The van der Waals surface area contributed by atoms with E-state index in [-0.39, 0.29) is 17.9 Å². The van der Waals surface area contributed by atoms with E-state index in [1.807, 2.05) is 12.1 Å². The zero-order valence-electron chi connectivity index (χ0n) is 13.4. The van der Waals surface area contributed by atoms with E-state index < -0.39 is 0 Å². The van der Waals surface area contributed by atoms with Gasteiger partial charge in [-0.15, -0.1) is 0 Å². The van der Waals surface area contributed by atoms with Crippen LogP contribution >= 0.6 is 0 Å². The van der Waals surface area contributed by atoms with Gasteiger partial charge in [0.25, 0.3) is 0 Å². The molecule has 1 amide bonds. The Bertz CT molecular complexity index is 634. The van der Waals surface area contributed by atoms with Gasteiger partial charge in [0, 0.05) is 31.5 Å². The summed E-state index contributed by atoms with van der Waals surface area (Å²) in [6, 6.07) is 12.1. The van der Waals surface area contributed by atoms with Gasteiger partial charge in [0.2, 0.25) is 5.91 Å². The van der Waals surface area contributed by atoms with Gasteiger partial charge in [-0.3, -0.25) is 9.78 Å². The van der Waals surface area contributed by atoms with Crippen molar-refractivity contribution < 1.29 is 9.53 Å². The first-order valence-electron chi connectivity index (χ1n) is 8.08. The van der Waals surface area contributed by atoms with Crippen LogP contribution in [0.15, 0.2) is 48.8 Å². The van der Waals surface area contributed by atoms with E-state index in [1.54, 1.807) is 12.4 Å². The predicted molar refractivity (Wildman–Crippen MR) is 88.9 cm³/mol. The largest absolute Gasteiger partial charge is 0.381 e. The standard InChI is InChI=1S/C19H22N2O2/c1-14-2-4-15(5-3-14)18(16-6-10-20-11-7-16)21-19(22)17-8-12-23-13-9-17/h2-7,10-11,17-18H,8-9,12-13H2,1H3,(H,21,22)/t18-/m0/s1. The molecule has 0 radical (unpaired) electrons. The summed E-state index contributed by atoms with van der Waals surface area (Å²) in [5, 5.41) is 3.22. The Labute approximate surface area is 136 Å². The molecule has 0 spiro atoms. The summed E-state index contributed by atoms with van der Waals surface area (Å²) in [4.78, 5) is 16.7. The average molecular weight is 310 g/mol. The lowest BCUT2D eigenvalue weighted by Gasteiger charge is -2.25. The zero-order chi connectivity index (χ0) is 16.1. The quantitative estimate of drug-likeness (QED) is 0.944. The molecule has 1 aromatic heterocycles. The van der Waals surface area contributed by atoms with E-state index in [2.05, 4.69) is 41.5 Å². The molecule has 23 heavy (non-hydrogen) atoms. The summed E-state index contributed by atoms with van der Waals surface area (Å²) in [5.41, 5.74) is 3.34. The maximum atomic E-state index is 12.6. The molecule has 1 aliphatic heterocycles. The molecule has 0 saturated carbocycles. The summed E-state index contributed by atoms with van der Waals surface area (Å²) >= 11 is 0. The second-order valence-corrected chi connectivity index (χ2v) is 6.02. The number of hydrogen-bond acceptors (Lipinski definition) is 3. The Hall–Kier alpha value is -2.20. The molecule has 1 aliphatic rings. The minimum absolute atomic E-state index is 0.0403. The van der Waals surface area contributed by atoms with Gasteiger partial charge < -0.3 is 10.1 Å². The number of hydrogen-bond donors (Lipinski definition) is 1. The number of aryl methyl sites for hydroxylation is 1. The topological polar surface area (TPSA) is 51.2 Å². The van der Waals surface area contributed by atoms with Crippen LogP contribution < -0.4 is 5.32 Å². The molecule has 4 heteroatoms. The number of pyridine rings is 1. The molecule has 1 atom stereocenters. The first-order valence-corrected chi connectivity index (χ1v) is 8.08. The van der Waals surface area contributed by atoms with Crippen molar-refractivity contribution in [3.63, 3.8) is 0 Å². The highest BCUT2D eigenvalue weighted by Crippen LogP contribution is 2.24. The van der Waals surface area contributed by atoms with Crippen LogP contribution in [0.5, 0.6) is 0 Å². The maximum Gasteiger partial charge on any atom is 0.224 e. The smallest absolute Gasteiger partial charge is 0.224 e. The number of amides is 1. The van der Waals surface area contributed by atoms with E-state index >= 15 is 0 Å². The van der Waals surface area contributed by atoms with Crippen LogP contribution in [0.2, 0.25) is 0 Å². The fourth-order valence-corrected chi connectivity index (χ4v) is 2.89. The highest BCUT2D eigenvalue weighted by atomic mass is 16.5. The van der Waals surface area contributed by atoms with Gasteiger partial charge in [-0.1, -0.05) is 29.8 Å². The van der Waals surface area contributed by atoms with Crippen LogP contribution in [0.3, 0.4) is 0 Å². The van der Waals surface area contributed by atoms with Gasteiger partial charge in [0.05, 0.1) is 6.04 Å². The monoisotopic (exact) mass is 310 g/mol. The fourth-order valence-electron chi connectivity index (χ4n) is 2.89. The Balaban J connectivity index is 1.83. The van der Waals surface area contributed by atoms with Gasteiger partial charge in [0.1, 0.15) is 0 Å². The molecular weight excluding hydrogens is 288 g/mol. The van der Waals surface area contributed by atoms with Gasteiger partial charge in [-0.25, -0.2) is 0 Å². The van der Waals surface area contributed by atoms with Gasteiger partial charge >= 0.3 is 0 Å². The predicted octanol–water partition coefficient (Wildman–Crippen LogP) is 3.02. The normalized spacial score (nSPS) is 16.7. The third-order valence-corrected chi connectivity index (χ3v) is 4.33. The van der Waals surface area contributed by atoms with Crippen LogP contribution in [0.25, 0.3) is 0 Å². The summed E-state index contributed by atoms with van der Waals surface area (Å²) in [6.07, 6.45) is 5.11. The number of benzene rings is 1. The average Bonchev–Trinajstić information content (AvgIpc) is 2.62. The van der Waals surface area contributed by atoms with Crippen LogP contribution in [0, 0.1) is 12.8 Å². The lowest BCUT2D eigenvalue weighted by Crippen LogP contribution is -2.37. The lowest BCUT2D eigenvalue weighted by atomic mass is 9.95. The van der Waals surface area contributed by atoms with Crippen LogP contribution in [-0.2, 0) is 9.53 Å². The number of ether oxygens (including phenoxy) is 1. The number of nitrogens with one attached hydrogen (secondary N) is 1. The van der Waals surface area contributed by atoms with E-state index in [0.717, 1.165) is 24.0 Å². The molecule has 2 heterocycles. The van der Waals surface area contributed by atoms with Crippen molar-refractivity contribution in [3.8, 4) is 0 Å². The minimum atomic E-state index is -0.144. The zero-order valence-corrected chi connectivity index (χ0v) is 13.4. The Kier molecular flexibility index (Phi) is 5.03. The molecule has 3 rings (SSSR count). The molecule has 1 fully saturated rings. The highest BCUT2D eigenvalue weighted by Gasteiger charge is 2.25. The van der Waals surface area contributed by atoms with Crippen molar-refractivity contribution in [2.24, 2.45) is 5.92 Å². The van der Waals surface area contributed by atoms with Crippen LogP contribution in [0.1, 0.15) is 35.6 Å². The fraction of sp³-hybridized carbons (Fsp3) is 0.368. The Morgan fingerprint density at radius 1 is 1.09 bits per heavy atom. The highest BCUT2D eigenvalue weighted by molar-refractivity contribution is 5.79. The minimum Gasteiger partial charge on any atom is -0.381 e. The SMILES string of the molecule is Cc1ccc([C@H](NC(=O)C2CCOCC2)c2ccncc2)cc1. The number of aromatic nitrogens is 1. The van der Waals surface area contributed by atoms with E-state index in [0.29, 0.717) is 13.2 Å². The van der Waals surface area contributed by atoms with Crippen molar-refractivity contribution in [2.45, 2.75) is 25.8 Å². The second kappa shape index (κ2) is 7.38. The third kappa shape index (κ3) is 3.96. The van der Waals surface area contributed by atoms with Crippen molar-refractivity contribution in [1.29, 1.82) is 0 Å².